The molecule has 5 nitrogen and oxygen atoms in total. The zero-order chi connectivity index (χ0) is 17.2. The normalized spacial score (nSPS) is 10.2. The first kappa shape index (κ1) is 17.7. The minimum absolute atomic E-state index is 0.189. The molecule has 2 aromatic rings. The summed E-state index contributed by atoms with van der Waals surface area (Å²) in [4.78, 5) is 26.2. The predicted molar refractivity (Wildman–Crippen MR) is 93.6 cm³/mol. The molecule has 0 fully saturated rings. The van der Waals surface area contributed by atoms with E-state index in [1.807, 2.05) is 60.7 Å². The summed E-state index contributed by atoms with van der Waals surface area (Å²) in [5.41, 5.74) is 1.78. The molecule has 0 aliphatic rings. The number of ether oxygens (including phenoxy) is 1. The number of hydrogen-bond acceptors (Lipinski definition) is 3. The Bertz CT molecular complexity index is 644. The van der Waals surface area contributed by atoms with E-state index in [0.29, 0.717) is 19.7 Å². The van der Waals surface area contributed by atoms with Crippen molar-refractivity contribution in [2.24, 2.45) is 0 Å². The highest BCUT2D eigenvalue weighted by Gasteiger charge is 2.19. The molecule has 2 amide bonds. The maximum Gasteiger partial charge on any atom is 0.236 e. The van der Waals surface area contributed by atoms with Gasteiger partial charge in [0.2, 0.25) is 11.8 Å². The average Bonchev–Trinajstić information content (AvgIpc) is 2.61. The van der Waals surface area contributed by atoms with Gasteiger partial charge in [-0.25, -0.2) is 0 Å². The topological polar surface area (TPSA) is 58.6 Å². The van der Waals surface area contributed by atoms with Gasteiger partial charge in [0, 0.05) is 19.3 Å². The van der Waals surface area contributed by atoms with Crippen LogP contribution >= 0.6 is 0 Å². The average molecular weight is 326 g/mol. The fourth-order valence-electron chi connectivity index (χ4n) is 2.29. The lowest BCUT2D eigenvalue weighted by atomic mass is 10.2. The van der Waals surface area contributed by atoms with Gasteiger partial charge in [-0.1, -0.05) is 48.5 Å². The molecule has 0 atom stereocenters. The predicted octanol–water partition coefficient (Wildman–Crippen LogP) is 2.37. The maximum atomic E-state index is 12.6. The molecular weight excluding hydrogens is 304 g/mol. The summed E-state index contributed by atoms with van der Waals surface area (Å²) in [5.74, 6) is -0.536. The summed E-state index contributed by atoms with van der Waals surface area (Å²) in [6, 6.07) is 19.1. The highest BCUT2D eigenvalue weighted by molar-refractivity contribution is 6.04. The first-order valence-electron chi connectivity index (χ1n) is 7.85. The minimum atomic E-state index is -0.300. The van der Waals surface area contributed by atoms with Gasteiger partial charge in [0.25, 0.3) is 0 Å². The van der Waals surface area contributed by atoms with E-state index in [1.165, 1.54) is 0 Å². The molecule has 0 radical (unpaired) electrons. The molecule has 24 heavy (non-hydrogen) atoms. The number of nitrogens with zero attached hydrogens (tertiary/aromatic N) is 1. The molecule has 1 N–H and O–H groups in total. The second-order valence-electron chi connectivity index (χ2n) is 5.32. The van der Waals surface area contributed by atoms with Gasteiger partial charge in [0.1, 0.15) is 6.42 Å². The van der Waals surface area contributed by atoms with E-state index in [9.17, 15) is 9.59 Å². The van der Waals surface area contributed by atoms with Crippen LogP contribution in [0.1, 0.15) is 12.0 Å². The Morgan fingerprint density at radius 1 is 1.00 bits per heavy atom. The van der Waals surface area contributed by atoms with Crippen molar-refractivity contribution >= 4 is 17.5 Å². The molecule has 2 rings (SSSR count). The summed E-state index contributed by atoms with van der Waals surface area (Å²) in [6.45, 7) is 1.24. The maximum absolute atomic E-state index is 12.6. The molecule has 0 unspecified atom stereocenters. The zero-order valence-electron chi connectivity index (χ0n) is 13.8. The molecule has 126 valence electrons. The number of rotatable bonds is 8. The molecule has 0 saturated carbocycles. The molecule has 5 heteroatoms. The molecular formula is C19H22N2O3. The Morgan fingerprint density at radius 2 is 1.62 bits per heavy atom. The van der Waals surface area contributed by atoms with Gasteiger partial charge in [-0.2, -0.15) is 0 Å². The lowest BCUT2D eigenvalue weighted by Crippen LogP contribution is -2.36. The lowest BCUT2D eigenvalue weighted by Gasteiger charge is -2.23. The van der Waals surface area contributed by atoms with Gasteiger partial charge in [-0.15, -0.1) is 0 Å². The Labute approximate surface area is 142 Å². The third kappa shape index (κ3) is 5.52. The van der Waals surface area contributed by atoms with E-state index >= 15 is 0 Å². The number of para-hydroxylation sites is 1. The first-order valence-corrected chi connectivity index (χ1v) is 7.85. The van der Waals surface area contributed by atoms with Crippen LogP contribution < -0.4 is 10.2 Å². The van der Waals surface area contributed by atoms with Crippen LogP contribution in [0.3, 0.4) is 0 Å². The Morgan fingerprint density at radius 3 is 2.25 bits per heavy atom. The van der Waals surface area contributed by atoms with Gasteiger partial charge in [0.15, 0.2) is 0 Å². The summed E-state index contributed by atoms with van der Waals surface area (Å²) in [6.07, 6.45) is -0.189. The fraction of sp³-hybridized carbons (Fsp3) is 0.263. The van der Waals surface area contributed by atoms with Crippen LogP contribution in [0.25, 0.3) is 0 Å². The Hall–Kier alpha value is -2.66. The molecule has 0 aliphatic heterocycles. The van der Waals surface area contributed by atoms with Crippen LogP contribution in [0.2, 0.25) is 0 Å². The van der Waals surface area contributed by atoms with E-state index in [1.54, 1.807) is 12.0 Å². The molecule has 2 aromatic carbocycles. The fourth-order valence-corrected chi connectivity index (χ4v) is 2.29. The standard InChI is InChI=1S/C19H22N2O3/c1-24-13-12-20-18(22)14-19(23)21(17-10-6-3-7-11-17)15-16-8-4-2-5-9-16/h2-11H,12-15H2,1H3,(H,20,22). The van der Waals surface area contributed by atoms with E-state index in [-0.39, 0.29) is 18.2 Å². The zero-order valence-corrected chi connectivity index (χ0v) is 13.8. The van der Waals surface area contributed by atoms with Gasteiger partial charge < -0.3 is 15.0 Å². The van der Waals surface area contributed by atoms with Crippen molar-refractivity contribution in [1.82, 2.24) is 5.32 Å². The van der Waals surface area contributed by atoms with E-state index in [2.05, 4.69) is 5.32 Å². The van der Waals surface area contributed by atoms with E-state index in [4.69, 9.17) is 4.74 Å². The number of carbonyl (C=O) groups is 2. The third-order valence-corrected chi connectivity index (χ3v) is 3.49. The molecule has 0 heterocycles. The summed E-state index contributed by atoms with van der Waals surface area (Å²) in [5, 5.41) is 2.67. The highest BCUT2D eigenvalue weighted by Crippen LogP contribution is 2.18. The highest BCUT2D eigenvalue weighted by atomic mass is 16.5. The lowest BCUT2D eigenvalue weighted by molar-refractivity contribution is -0.128. The number of hydrogen-bond donors (Lipinski definition) is 1. The second kappa shape index (κ2) is 9.47. The summed E-state index contributed by atoms with van der Waals surface area (Å²) >= 11 is 0. The van der Waals surface area contributed by atoms with Gasteiger partial charge in [-0.3, -0.25) is 9.59 Å². The van der Waals surface area contributed by atoms with Crippen molar-refractivity contribution < 1.29 is 14.3 Å². The molecule has 0 aliphatic carbocycles. The largest absolute Gasteiger partial charge is 0.383 e. The van der Waals surface area contributed by atoms with Gasteiger partial charge >= 0.3 is 0 Å². The number of amides is 2. The first-order chi connectivity index (χ1) is 11.7. The van der Waals surface area contributed by atoms with Crippen LogP contribution in [-0.2, 0) is 20.9 Å². The van der Waals surface area contributed by atoms with Gasteiger partial charge in [-0.05, 0) is 17.7 Å². The Kier molecular flexibility index (Phi) is 6.98. The van der Waals surface area contributed by atoms with E-state index < -0.39 is 0 Å². The van der Waals surface area contributed by atoms with Gasteiger partial charge in [0.05, 0.1) is 13.2 Å². The van der Waals surface area contributed by atoms with Crippen molar-refractivity contribution in [3.05, 3.63) is 66.2 Å². The molecule has 0 bridgehead atoms. The smallest absolute Gasteiger partial charge is 0.236 e. The quantitative estimate of drug-likeness (QED) is 0.598. The van der Waals surface area contributed by atoms with Crippen LogP contribution in [0, 0.1) is 0 Å². The van der Waals surface area contributed by atoms with Crippen molar-refractivity contribution in [3.63, 3.8) is 0 Å². The molecule has 0 spiro atoms. The van der Waals surface area contributed by atoms with Crippen molar-refractivity contribution in [1.29, 1.82) is 0 Å². The van der Waals surface area contributed by atoms with Crippen molar-refractivity contribution in [2.45, 2.75) is 13.0 Å². The number of carbonyl (C=O) groups excluding carboxylic acids is 2. The van der Waals surface area contributed by atoms with Crippen LogP contribution in [0.4, 0.5) is 5.69 Å². The van der Waals surface area contributed by atoms with Crippen LogP contribution in [0.15, 0.2) is 60.7 Å². The van der Waals surface area contributed by atoms with Crippen molar-refractivity contribution in [3.8, 4) is 0 Å². The second-order valence-corrected chi connectivity index (χ2v) is 5.32. The molecule has 0 aromatic heterocycles. The van der Waals surface area contributed by atoms with Crippen LogP contribution in [-0.4, -0.2) is 32.1 Å². The SMILES string of the molecule is COCCNC(=O)CC(=O)N(Cc1ccccc1)c1ccccc1. The molecule has 0 saturated heterocycles. The Balaban J connectivity index is 2.07. The summed E-state index contributed by atoms with van der Waals surface area (Å²) < 4.78 is 4.88. The number of benzene rings is 2. The number of methoxy groups -OCH3 is 1. The van der Waals surface area contributed by atoms with Crippen LogP contribution in [0.5, 0.6) is 0 Å². The third-order valence-electron chi connectivity index (χ3n) is 3.49. The number of anilines is 1. The minimum Gasteiger partial charge on any atom is -0.383 e. The monoisotopic (exact) mass is 326 g/mol. The van der Waals surface area contributed by atoms with Crippen molar-refractivity contribution in [2.75, 3.05) is 25.2 Å². The summed E-state index contributed by atoms with van der Waals surface area (Å²) in [7, 11) is 1.56. The number of nitrogens with one attached hydrogen (secondary N) is 1. The van der Waals surface area contributed by atoms with E-state index in [0.717, 1.165) is 11.3 Å².